The van der Waals surface area contributed by atoms with Crippen LogP contribution in [0.15, 0.2) is 0 Å². The average Bonchev–Trinajstić information content (AvgIpc) is 3.29. The molecule has 1 amide bonds. The van der Waals surface area contributed by atoms with Gasteiger partial charge in [0.2, 0.25) is 5.91 Å². The molecule has 4 nitrogen and oxygen atoms in total. The highest BCUT2D eigenvalue weighted by atomic mass is 16.2. The molecule has 0 radical (unpaired) electrons. The maximum atomic E-state index is 12.4. The van der Waals surface area contributed by atoms with E-state index < -0.39 is 0 Å². The Balaban J connectivity index is 1.88. The van der Waals surface area contributed by atoms with Crippen molar-refractivity contribution in [1.29, 1.82) is 0 Å². The Labute approximate surface area is 123 Å². The van der Waals surface area contributed by atoms with Crippen LogP contribution < -0.4 is 10.6 Å². The second-order valence-electron chi connectivity index (χ2n) is 6.63. The lowest BCUT2D eigenvalue weighted by Crippen LogP contribution is -2.51. The quantitative estimate of drug-likeness (QED) is 0.747. The molecule has 1 aliphatic carbocycles. The van der Waals surface area contributed by atoms with Gasteiger partial charge in [-0.05, 0) is 65.0 Å². The van der Waals surface area contributed by atoms with Crippen molar-refractivity contribution in [3.63, 3.8) is 0 Å². The van der Waals surface area contributed by atoms with Crippen molar-refractivity contribution in [2.75, 3.05) is 19.6 Å². The molecular weight excluding hydrogens is 250 g/mol. The first kappa shape index (κ1) is 15.8. The molecule has 0 aromatic heterocycles. The Hall–Kier alpha value is -0.610. The van der Waals surface area contributed by atoms with Crippen molar-refractivity contribution >= 4 is 5.91 Å². The molecule has 3 atom stereocenters. The van der Waals surface area contributed by atoms with Gasteiger partial charge in [-0.1, -0.05) is 6.92 Å². The summed E-state index contributed by atoms with van der Waals surface area (Å²) in [5.41, 5.74) is 0. The van der Waals surface area contributed by atoms with Crippen LogP contribution in [0, 0.1) is 5.92 Å². The smallest absolute Gasteiger partial charge is 0.237 e. The number of amides is 1. The van der Waals surface area contributed by atoms with Gasteiger partial charge in [0.15, 0.2) is 0 Å². The summed E-state index contributed by atoms with van der Waals surface area (Å²) in [6.45, 7) is 9.62. The minimum Gasteiger partial charge on any atom is -0.352 e. The molecule has 2 fully saturated rings. The molecule has 2 rings (SSSR count). The summed E-state index contributed by atoms with van der Waals surface area (Å²) in [6.07, 6.45) is 6.10. The molecule has 0 bridgehead atoms. The predicted molar refractivity (Wildman–Crippen MR) is 82.7 cm³/mol. The minimum absolute atomic E-state index is 0.0124. The third kappa shape index (κ3) is 4.45. The van der Waals surface area contributed by atoms with E-state index in [9.17, 15) is 4.79 Å². The highest BCUT2D eigenvalue weighted by Gasteiger charge is 2.36. The molecule has 0 aromatic rings. The lowest BCUT2D eigenvalue weighted by atomic mass is 9.98. The van der Waals surface area contributed by atoms with Crippen molar-refractivity contribution in [2.45, 2.75) is 71.0 Å². The van der Waals surface area contributed by atoms with E-state index in [1.54, 1.807) is 0 Å². The topological polar surface area (TPSA) is 44.4 Å². The molecule has 116 valence electrons. The zero-order valence-electron chi connectivity index (χ0n) is 13.3. The van der Waals surface area contributed by atoms with Crippen LogP contribution in [0.3, 0.4) is 0 Å². The lowest BCUT2D eigenvalue weighted by molar-refractivity contribution is -0.127. The number of hydrogen-bond acceptors (Lipinski definition) is 3. The van der Waals surface area contributed by atoms with Crippen LogP contribution in [0.1, 0.15) is 52.9 Å². The van der Waals surface area contributed by atoms with E-state index in [2.05, 4.69) is 36.3 Å². The van der Waals surface area contributed by atoms with Crippen LogP contribution in [0.4, 0.5) is 0 Å². The van der Waals surface area contributed by atoms with Gasteiger partial charge in [0.1, 0.15) is 0 Å². The average molecular weight is 281 g/mol. The van der Waals surface area contributed by atoms with E-state index >= 15 is 0 Å². The summed E-state index contributed by atoms with van der Waals surface area (Å²) in [6, 6.07) is 0.940. The summed E-state index contributed by atoms with van der Waals surface area (Å²) in [4.78, 5) is 14.8. The molecule has 0 spiro atoms. The van der Waals surface area contributed by atoms with Crippen LogP contribution in [0.5, 0.6) is 0 Å². The summed E-state index contributed by atoms with van der Waals surface area (Å²) < 4.78 is 0. The van der Waals surface area contributed by atoms with Gasteiger partial charge in [-0.2, -0.15) is 0 Å². The van der Waals surface area contributed by atoms with Gasteiger partial charge in [0, 0.05) is 18.6 Å². The number of carbonyl (C=O) groups is 1. The van der Waals surface area contributed by atoms with Crippen LogP contribution >= 0.6 is 0 Å². The van der Waals surface area contributed by atoms with Crippen LogP contribution in [-0.2, 0) is 4.79 Å². The first-order valence-corrected chi connectivity index (χ1v) is 8.38. The van der Waals surface area contributed by atoms with Gasteiger partial charge in [-0.3, -0.25) is 9.69 Å². The Kier molecular flexibility index (Phi) is 5.85. The molecule has 1 aliphatic heterocycles. The van der Waals surface area contributed by atoms with E-state index in [0.29, 0.717) is 12.0 Å². The van der Waals surface area contributed by atoms with Gasteiger partial charge in [0.25, 0.3) is 0 Å². The fraction of sp³-hybridized carbons (Fsp3) is 0.938. The fourth-order valence-electron chi connectivity index (χ4n) is 3.02. The van der Waals surface area contributed by atoms with Crippen molar-refractivity contribution in [2.24, 2.45) is 5.92 Å². The summed E-state index contributed by atoms with van der Waals surface area (Å²) >= 11 is 0. The van der Waals surface area contributed by atoms with Crippen molar-refractivity contribution < 1.29 is 4.79 Å². The maximum absolute atomic E-state index is 12.4. The van der Waals surface area contributed by atoms with Gasteiger partial charge in [-0.25, -0.2) is 0 Å². The van der Waals surface area contributed by atoms with Gasteiger partial charge >= 0.3 is 0 Å². The first-order valence-electron chi connectivity index (χ1n) is 8.38. The number of carbonyl (C=O) groups excluding carboxylic acids is 1. The number of nitrogens with one attached hydrogen (secondary N) is 2. The number of rotatable bonds is 7. The standard InChI is InChI=1S/C16H31N3O/c1-4-12(2)18-16(20)13(3)19(15-7-8-15)11-14-6-5-9-17-10-14/h12-15,17H,4-11H2,1-3H3,(H,18,20). The monoisotopic (exact) mass is 281 g/mol. The van der Waals surface area contributed by atoms with E-state index in [-0.39, 0.29) is 18.0 Å². The normalized spacial score (nSPS) is 26.3. The zero-order valence-corrected chi connectivity index (χ0v) is 13.3. The van der Waals surface area contributed by atoms with Gasteiger partial charge in [-0.15, -0.1) is 0 Å². The van der Waals surface area contributed by atoms with Crippen LogP contribution in [-0.4, -0.2) is 48.6 Å². The predicted octanol–water partition coefficient (Wildman–Crippen LogP) is 1.75. The van der Waals surface area contributed by atoms with Crippen molar-refractivity contribution in [3.8, 4) is 0 Å². The number of hydrogen-bond donors (Lipinski definition) is 2. The zero-order chi connectivity index (χ0) is 14.5. The van der Waals surface area contributed by atoms with Gasteiger partial charge in [0.05, 0.1) is 6.04 Å². The highest BCUT2D eigenvalue weighted by Crippen LogP contribution is 2.30. The van der Waals surface area contributed by atoms with Crippen molar-refractivity contribution in [3.05, 3.63) is 0 Å². The Morgan fingerprint density at radius 2 is 2.10 bits per heavy atom. The third-order valence-corrected chi connectivity index (χ3v) is 4.76. The lowest BCUT2D eigenvalue weighted by Gasteiger charge is -2.34. The first-order chi connectivity index (χ1) is 9.61. The highest BCUT2D eigenvalue weighted by molar-refractivity contribution is 5.81. The summed E-state index contributed by atoms with van der Waals surface area (Å²) in [5, 5.41) is 6.62. The molecule has 0 aromatic carbocycles. The minimum atomic E-state index is 0.0124. The fourth-order valence-corrected chi connectivity index (χ4v) is 3.02. The van der Waals surface area contributed by atoms with E-state index in [0.717, 1.165) is 26.1 Å². The maximum Gasteiger partial charge on any atom is 0.237 e. The largest absolute Gasteiger partial charge is 0.352 e. The number of nitrogens with zero attached hydrogens (tertiary/aromatic N) is 1. The van der Waals surface area contributed by atoms with Crippen molar-refractivity contribution in [1.82, 2.24) is 15.5 Å². The Morgan fingerprint density at radius 1 is 1.35 bits per heavy atom. The number of piperidine rings is 1. The van der Waals surface area contributed by atoms with Crippen LogP contribution in [0.2, 0.25) is 0 Å². The summed E-state index contributed by atoms with van der Waals surface area (Å²) in [5.74, 6) is 0.915. The van der Waals surface area contributed by atoms with E-state index in [1.165, 1.54) is 25.7 Å². The molecular formula is C16H31N3O. The molecule has 1 saturated heterocycles. The molecule has 2 aliphatic rings. The Morgan fingerprint density at radius 3 is 2.65 bits per heavy atom. The molecule has 1 saturated carbocycles. The third-order valence-electron chi connectivity index (χ3n) is 4.76. The van der Waals surface area contributed by atoms with E-state index in [1.807, 2.05) is 0 Å². The Bertz CT molecular complexity index is 311. The molecule has 4 heteroatoms. The van der Waals surface area contributed by atoms with Gasteiger partial charge < -0.3 is 10.6 Å². The molecule has 2 N–H and O–H groups in total. The van der Waals surface area contributed by atoms with Crippen LogP contribution in [0.25, 0.3) is 0 Å². The molecule has 20 heavy (non-hydrogen) atoms. The second-order valence-corrected chi connectivity index (χ2v) is 6.63. The SMILES string of the molecule is CCC(C)NC(=O)C(C)N(CC1CCCNC1)C1CC1. The molecule has 1 heterocycles. The second kappa shape index (κ2) is 7.41. The summed E-state index contributed by atoms with van der Waals surface area (Å²) in [7, 11) is 0. The molecule has 3 unspecified atom stereocenters. The van der Waals surface area contributed by atoms with E-state index in [4.69, 9.17) is 0 Å².